The molecule has 25 heavy (non-hydrogen) atoms. The van der Waals surface area contributed by atoms with Gasteiger partial charge in [0.25, 0.3) is 0 Å². The maximum atomic E-state index is 13.3. The number of methoxy groups -OCH3 is 3. The van der Waals surface area contributed by atoms with Crippen molar-refractivity contribution < 1.29 is 23.4 Å². The maximum absolute atomic E-state index is 13.3. The van der Waals surface area contributed by atoms with E-state index in [1.165, 1.54) is 39.5 Å². The van der Waals surface area contributed by atoms with E-state index in [9.17, 15) is 9.18 Å². The summed E-state index contributed by atoms with van der Waals surface area (Å²) in [6.07, 6.45) is 2.93. The van der Waals surface area contributed by atoms with Crippen LogP contribution in [0.1, 0.15) is 11.1 Å². The molecule has 0 saturated heterocycles. The average molecular weight is 345 g/mol. The highest BCUT2D eigenvalue weighted by Crippen LogP contribution is 2.35. The van der Waals surface area contributed by atoms with Crippen LogP contribution >= 0.6 is 0 Å². The van der Waals surface area contributed by atoms with Crippen molar-refractivity contribution in [2.24, 2.45) is 0 Å². The van der Waals surface area contributed by atoms with Gasteiger partial charge in [-0.15, -0.1) is 0 Å². The number of halogens is 1. The smallest absolute Gasteiger partial charge is 0.248 e. The number of aryl methyl sites for hydroxylation is 1. The summed E-state index contributed by atoms with van der Waals surface area (Å²) in [6.45, 7) is 1.79. The van der Waals surface area contributed by atoms with Crippen molar-refractivity contribution in [3.63, 3.8) is 0 Å². The lowest BCUT2D eigenvalue weighted by molar-refractivity contribution is -0.111. The summed E-state index contributed by atoms with van der Waals surface area (Å²) in [5, 5.41) is 2.65. The van der Waals surface area contributed by atoms with Gasteiger partial charge in [0.2, 0.25) is 5.91 Å². The molecule has 0 unspecified atom stereocenters. The minimum Gasteiger partial charge on any atom is -0.496 e. The van der Waals surface area contributed by atoms with Crippen molar-refractivity contribution >= 4 is 17.7 Å². The molecule has 0 atom stereocenters. The van der Waals surface area contributed by atoms with Gasteiger partial charge in [0, 0.05) is 23.4 Å². The summed E-state index contributed by atoms with van der Waals surface area (Å²) in [6, 6.07) is 7.60. The first-order valence-corrected chi connectivity index (χ1v) is 7.53. The van der Waals surface area contributed by atoms with Gasteiger partial charge >= 0.3 is 0 Å². The average Bonchev–Trinajstić information content (AvgIpc) is 2.62. The molecule has 2 aromatic carbocycles. The molecule has 0 aromatic heterocycles. The summed E-state index contributed by atoms with van der Waals surface area (Å²) in [5.41, 5.74) is 1.84. The Morgan fingerprint density at radius 3 is 2.28 bits per heavy atom. The Hall–Kier alpha value is -3.02. The molecule has 0 radical (unpaired) electrons. The molecule has 1 N–H and O–H groups in total. The molecule has 2 rings (SSSR count). The van der Waals surface area contributed by atoms with Crippen LogP contribution < -0.4 is 19.5 Å². The molecular weight excluding hydrogens is 325 g/mol. The number of carbonyl (C=O) groups excluding carboxylic acids is 1. The predicted molar refractivity (Wildman–Crippen MR) is 94.9 cm³/mol. The fraction of sp³-hybridized carbons (Fsp3) is 0.211. The van der Waals surface area contributed by atoms with Crippen molar-refractivity contribution in [1.82, 2.24) is 0 Å². The fourth-order valence-electron chi connectivity index (χ4n) is 2.25. The lowest BCUT2D eigenvalue weighted by Gasteiger charge is -2.12. The van der Waals surface area contributed by atoms with Gasteiger partial charge in [0.1, 0.15) is 11.6 Å². The van der Waals surface area contributed by atoms with Gasteiger partial charge in [-0.1, -0.05) is 6.07 Å². The number of nitrogens with one attached hydrogen (secondary N) is 1. The molecule has 0 spiro atoms. The first-order chi connectivity index (χ1) is 12.0. The van der Waals surface area contributed by atoms with Crippen molar-refractivity contribution in [3.8, 4) is 17.2 Å². The normalized spacial score (nSPS) is 10.6. The van der Waals surface area contributed by atoms with E-state index in [-0.39, 0.29) is 5.91 Å². The zero-order valence-corrected chi connectivity index (χ0v) is 14.6. The molecule has 0 saturated carbocycles. The van der Waals surface area contributed by atoms with Crippen LogP contribution in [0.2, 0.25) is 0 Å². The van der Waals surface area contributed by atoms with Gasteiger partial charge in [-0.3, -0.25) is 4.79 Å². The number of hydrogen-bond donors (Lipinski definition) is 1. The Morgan fingerprint density at radius 2 is 1.64 bits per heavy atom. The van der Waals surface area contributed by atoms with E-state index in [2.05, 4.69) is 5.32 Å². The van der Waals surface area contributed by atoms with Crippen molar-refractivity contribution in [3.05, 3.63) is 53.4 Å². The van der Waals surface area contributed by atoms with Crippen molar-refractivity contribution in [1.29, 1.82) is 0 Å². The highest BCUT2D eigenvalue weighted by atomic mass is 19.1. The number of amides is 1. The summed E-state index contributed by atoms with van der Waals surface area (Å²) < 4.78 is 29.1. The molecular formula is C19H20FNO4. The van der Waals surface area contributed by atoms with Crippen LogP contribution in [0, 0.1) is 12.7 Å². The minimum atomic E-state index is -0.411. The predicted octanol–water partition coefficient (Wildman–Crippen LogP) is 3.81. The Labute approximate surface area is 146 Å². The third kappa shape index (κ3) is 4.50. The zero-order chi connectivity index (χ0) is 18.4. The zero-order valence-electron chi connectivity index (χ0n) is 14.6. The van der Waals surface area contributed by atoms with Crippen LogP contribution in [0.5, 0.6) is 17.2 Å². The molecule has 0 aliphatic carbocycles. The fourth-order valence-corrected chi connectivity index (χ4v) is 2.25. The second kappa shape index (κ2) is 8.19. The number of rotatable bonds is 6. The standard InChI is InChI=1S/C19H20FNO4/c1-12-5-7-14(20)10-15(12)21-19(22)8-6-13-9-17(24-3)18(25-4)11-16(13)23-2/h5-11H,1-4H3,(H,21,22)/b8-6+. The van der Waals surface area contributed by atoms with E-state index in [4.69, 9.17) is 14.2 Å². The van der Waals surface area contributed by atoms with E-state index < -0.39 is 5.82 Å². The van der Waals surface area contributed by atoms with E-state index in [1.807, 2.05) is 0 Å². The maximum Gasteiger partial charge on any atom is 0.248 e. The number of benzene rings is 2. The molecule has 0 aliphatic heterocycles. The summed E-state index contributed by atoms with van der Waals surface area (Å²) >= 11 is 0. The summed E-state index contributed by atoms with van der Waals surface area (Å²) in [4.78, 5) is 12.1. The van der Waals surface area contributed by atoms with E-state index >= 15 is 0 Å². The molecule has 0 aliphatic rings. The molecule has 1 amide bonds. The Morgan fingerprint density at radius 1 is 1.00 bits per heavy atom. The highest BCUT2D eigenvalue weighted by Gasteiger charge is 2.10. The van der Waals surface area contributed by atoms with Crippen LogP contribution in [0.3, 0.4) is 0 Å². The second-order valence-corrected chi connectivity index (χ2v) is 5.23. The quantitative estimate of drug-likeness (QED) is 0.809. The van der Waals surface area contributed by atoms with Gasteiger partial charge < -0.3 is 19.5 Å². The van der Waals surface area contributed by atoms with Gasteiger partial charge in [-0.25, -0.2) is 4.39 Å². The SMILES string of the molecule is COc1cc(OC)c(OC)cc1/C=C/C(=O)Nc1cc(F)ccc1C. The lowest BCUT2D eigenvalue weighted by Crippen LogP contribution is -2.09. The first kappa shape index (κ1) is 18.3. The molecule has 0 bridgehead atoms. The Balaban J connectivity index is 2.23. The van der Waals surface area contributed by atoms with Crippen LogP contribution in [0.4, 0.5) is 10.1 Å². The van der Waals surface area contributed by atoms with E-state index in [0.29, 0.717) is 28.5 Å². The molecule has 5 nitrogen and oxygen atoms in total. The third-order valence-corrected chi connectivity index (χ3v) is 3.61. The van der Waals surface area contributed by atoms with Crippen molar-refractivity contribution in [2.45, 2.75) is 6.92 Å². The Bertz CT molecular complexity index is 802. The van der Waals surface area contributed by atoms with Gasteiger partial charge in [-0.05, 0) is 36.8 Å². The highest BCUT2D eigenvalue weighted by molar-refractivity contribution is 6.02. The minimum absolute atomic E-state index is 0.384. The van der Waals surface area contributed by atoms with Crippen LogP contribution in [0.15, 0.2) is 36.4 Å². The van der Waals surface area contributed by atoms with Gasteiger partial charge in [-0.2, -0.15) is 0 Å². The molecule has 0 heterocycles. The molecule has 132 valence electrons. The van der Waals surface area contributed by atoms with Crippen LogP contribution in [0.25, 0.3) is 6.08 Å². The van der Waals surface area contributed by atoms with Crippen LogP contribution in [-0.4, -0.2) is 27.2 Å². The number of ether oxygens (including phenoxy) is 3. The first-order valence-electron chi connectivity index (χ1n) is 7.53. The lowest BCUT2D eigenvalue weighted by atomic mass is 10.1. The topological polar surface area (TPSA) is 56.8 Å². The molecule has 0 fully saturated rings. The van der Waals surface area contributed by atoms with Crippen LogP contribution in [-0.2, 0) is 4.79 Å². The van der Waals surface area contributed by atoms with Crippen molar-refractivity contribution in [2.75, 3.05) is 26.6 Å². The second-order valence-electron chi connectivity index (χ2n) is 5.23. The molecule has 2 aromatic rings. The largest absolute Gasteiger partial charge is 0.496 e. The van der Waals surface area contributed by atoms with Gasteiger partial charge in [0.15, 0.2) is 11.5 Å². The Kier molecular flexibility index (Phi) is 6.00. The number of hydrogen-bond acceptors (Lipinski definition) is 4. The van der Waals surface area contributed by atoms with E-state index in [0.717, 1.165) is 5.56 Å². The third-order valence-electron chi connectivity index (χ3n) is 3.61. The van der Waals surface area contributed by atoms with E-state index in [1.54, 1.807) is 31.2 Å². The number of anilines is 1. The summed E-state index contributed by atoms with van der Waals surface area (Å²) in [5.74, 6) is 0.779. The molecule has 6 heteroatoms. The number of carbonyl (C=O) groups is 1. The summed E-state index contributed by atoms with van der Waals surface area (Å²) in [7, 11) is 4.58. The monoisotopic (exact) mass is 345 g/mol. The van der Waals surface area contributed by atoms with Gasteiger partial charge in [0.05, 0.1) is 21.3 Å².